The Morgan fingerprint density at radius 3 is 2.73 bits per heavy atom. The van der Waals surface area contributed by atoms with E-state index < -0.39 is 0 Å². The Morgan fingerprint density at radius 2 is 2.13 bits per heavy atom. The lowest BCUT2D eigenvalue weighted by molar-refractivity contribution is 0.0887. The van der Waals surface area contributed by atoms with E-state index in [-0.39, 0.29) is 11.4 Å². The maximum absolute atomic E-state index is 11.9. The summed E-state index contributed by atoms with van der Waals surface area (Å²) in [5, 5.41) is 5.11. The number of rotatable bonds is 2. The summed E-state index contributed by atoms with van der Waals surface area (Å²) >= 11 is 1.51. The number of carbonyl (C=O) groups excluding carboxylic acids is 1. The minimum Gasteiger partial charge on any atom is -0.346 e. The van der Waals surface area contributed by atoms with E-state index in [1.54, 1.807) is 0 Å². The molecule has 0 aromatic carbocycles. The first kappa shape index (κ1) is 10.7. The summed E-state index contributed by atoms with van der Waals surface area (Å²) in [5.41, 5.74) is 0.0271. The van der Waals surface area contributed by atoms with Gasteiger partial charge in [-0.2, -0.15) is 0 Å². The summed E-state index contributed by atoms with van der Waals surface area (Å²) in [5.74, 6) is 0.0920. The van der Waals surface area contributed by atoms with Crippen LogP contribution in [0.3, 0.4) is 0 Å². The van der Waals surface area contributed by atoms with Gasteiger partial charge in [0.15, 0.2) is 0 Å². The molecule has 1 aromatic heterocycles. The third-order valence-corrected chi connectivity index (χ3v) is 3.99. The van der Waals surface area contributed by atoms with Gasteiger partial charge in [0.2, 0.25) is 0 Å². The van der Waals surface area contributed by atoms with Gasteiger partial charge in [-0.1, -0.05) is 25.3 Å². The zero-order chi connectivity index (χ0) is 10.7. The third-order valence-electron chi connectivity index (χ3n) is 3.12. The molecular weight excluding hydrogens is 206 g/mol. The van der Waals surface area contributed by atoms with E-state index in [1.807, 2.05) is 17.5 Å². The first-order valence-electron chi connectivity index (χ1n) is 5.56. The van der Waals surface area contributed by atoms with Crippen LogP contribution in [-0.4, -0.2) is 11.4 Å². The molecular formula is C12H17NOS. The molecule has 2 rings (SSSR count). The molecule has 1 amide bonds. The second-order valence-corrected chi connectivity index (χ2v) is 5.50. The fourth-order valence-electron chi connectivity index (χ4n) is 2.20. The lowest BCUT2D eigenvalue weighted by Crippen LogP contribution is -2.46. The predicted molar refractivity (Wildman–Crippen MR) is 63.3 cm³/mol. The van der Waals surface area contributed by atoms with Gasteiger partial charge in [0.05, 0.1) is 4.88 Å². The van der Waals surface area contributed by atoms with Crippen LogP contribution in [0.5, 0.6) is 0 Å². The number of nitrogens with one attached hydrogen (secondary N) is 1. The van der Waals surface area contributed by atoms with Crippen molar-refractivity contribution in [2.24, 2.45) is 0 Å². The van der Waals surface area contributed by atoms with E-state index in [2.05, 4.69) is 12.2 Å². The van der Waals surface area contributed by atoms with Crippen LogP contribution in [0.2, 0.25) is 0 Å². The Kier molecular flexibility index (Phi) is 3.10. The van der Waals surface area contributed by atoms with E-state index in [9.17, 15) is 4.79 Å². The highest BCUT2D eigenvalue weighted by Crippen LogP contribution is 2.28. The second-order valence-electron chi connectivity index (χ2n) is 4.55. The smallest absolute Gasteiger partial charge is 0.261 e. The molecule has 0 radical (unpaired) electrons. The summed E-state index contributed by atoms with van der Waals surface area (Å²) in [6.07, 6.45) is 6.02. The third kappa shape index (κ3) is 2.59. The minimum atomic E-state index is 0.0271. The molecule has 1 aromatic rings. The highest BCUT2D eigenvalue weighted by Gasteiger charge is 2.28. The lowest BCUT2D eigenvalue weighted by atomic mass is 9.83. The van der Waals surface area contributed by atoms with Crippen LogP contribution in [0.1, 0.15) is 48.7 Å². The number of carbonyl (C=O) groups is 1. The number of hydrogen-bond donors (Lipinski definition) is 1. The van der Waals surface area contributed by atoms with Gasteiger partial charge in [0.25, 0.3) is 5.91 Å². The Hall–Kier alpha value is -0.830. The predicted octanol–water partition coefficient (Wildman–Crippen LogP) is 3.20. The summed E-state index contributed by atoms with van der Waals surface area (Å²) < 4.78 is 0. The van der Waals surface area contributed by atoms with Crippen molar-refractivity contribution in [1.29, 1.82) is 0 Å². The molecule has 0 unspecified atom stereocenters. The van der Waals surface area contributed by atoms with E-state index in [4.69, 9.17) is 0 Å². The van der Waals surface area contributed by atoms with Gasteiger partial charge >= 0.3 is 0 Å². The molecule has 0 spiro atoms. The summed E-state index contributed by atoms with van der Waals surface area (Å²) in [4.78, 5) is 12.7. The monoisotopic (exact) mass is 223 g/mol. The van der Waals surface area contributed by atoms with Crippen LogP contribution in [0, 0.1) is 0 Å². The molecule has 82 valence electrons. The van der Waals surface area contributed by atoms with Crippen LogP contribution < -0.4 is 5.32 Å². The quantitative estimate of drug-likeness (QED) is 0.819. The van der Waals surface area contributed by atoms with E-state index in [0.717, 1.165) is 17.7 Å². The van der Waals surface area contributed by atoms with E-state index in [1.165, 1.54) is 30.6 Å². The van der Waals surface area contributed by atoms with Crippen molar-refractivity contribution in [2.45, 2.75) is 44.6 Å². The number of amides is 1. The maximum Gasteiger partial charge on any atom is 0.261 e. The molecule has 1 saturated carbocycles. The van der Waals surface area contributed by atoms with Crippen molar-refractivity contribution in [3.8, 4) is 0 Å². The number of thiophene rings is 1. The standard InChI is InChI=1S/C12H17NOS/c1-12(7-3-2-4-8-12)13-11(14)10-6-5-9-15-10/h5-6,9H,2-4,7-8H2,1H3,(H,13,14). The average molecular weight is 223 g/mol. The van der Waals surface area contributed by atoms with E-state index >= 15 is 0 Å². The molecule has 15 heavy (non-hydrogen) atoms. The fourth-order valence-corrected chi connectivity index (χ4v) is 2.82. The van der Waals surface area contributed by atoms with Gasteiger partial charge in [-0.25, -0.2) is 0 Å². The highest BCUT2D eigenvalue weighted by atomic mass is 32.1. The molecule has 1 N–H and O–H groups in total. The van der Waals surface area contributed by atoms with Crippen LogP contribution >= 0.6 is 11.3 Å². The van der Waals surface area contributed by atoms with Crippen LogP contribution in [-0.2, 0) is 0 Å². The minimum absolute atomic E-state index is 0.0271. The van der Waals surface area contributed by atoms with Crippen LogP contribution in [0.25, 0.3) is 0 Å². The molecule has 1 fully saturated rings. The van der Waals surface area contributed by atoms with Gasteiger partial charge < -0.3 is 5.32 Å². The molecule has 0 aliphatic heterocycles. The number of hydrogen-bond acceptors (Lipinski definition) is 2. The molecule has 2 nitrogen and oxygen atoms in total. The van der Waals surface area contributed by atoms with Gasteiger partial charge in [-0.15, -0.1) is 11.3 Å². The second kappa shape index (κ2) is 4.35. The molecule has 1 aliphatic rings. The summed E-state index contributed by atoms with van der Waals surface area (Å²) in [6.45, 7) is 2.16. The lowest BCUT2D eigenvalue weighted by Gasteiger charge is -2.34. The first-order chi connectivity index (χ1) is 7.20. The van der Waals surface area contributed by atoms with E-state index in [0.29, 0.717) is 0 Å². The van der Waals surface area contributed by atoms with Crippen molar-refractivity contribution in [2.75, 3.05) is 0 Å². The fraction of sp³-hybridized carbons (Fsp3) is 0.583. The van der Waals surface area contributed by atoms with Crippen LogP contribution in [0.4, 0.5) is 0 Å². The molecule has 0 saturated heterocycles. The van der Waals surface area contributed by atoms with Crippen molar-refractivity contribution in [1.82, 2.24) is 5.32 Å². The Balaban J connectivity index is 1.98. The normalized spacial score (nSPS) is 19.8. The highest BCUT2D eigenvalue weighted by molar-refractivity contribution is 7.12. The zero-order valence-corrected chi connectivity index (χ0v) is 9.90. The molecule has 0 bridgehead atoms. The Bertz CT molecular complexity index is 325. The molecule has 1 heterocycles. The van der Waals surface area contributed by atoms with Crippen molar-refractivity contribution < 1.29 is 4.79 Å². The van der Waals surface area contributed by atoms with Gasteiger partial charge in [-0.3, -0.25) is 4.79 Å². The summed E-state index contributed by atoms with van der Waals surface area (Å²) in [7, 11) is 0. The topological polar surface area (TPSA) is 29.1 Å². The Labute approximate surface area is 94.7 Å². The maximum atomic E-state index is 11.9. The van der Waals surface area contributed by atoms with Crippen molar-refractivity contribution >= 4 is 17.2 Å². The average Bonchev–Trinajstić information content (AvgIpc) is 2.70. The van der Waals surface area contributed by atoms with Gasteiger partial charge in [0.1, 0.15) is 0 Å². The van der Waals surface area contributed by atoms with Gasteiger partial charge in [0, 0.05) is 5.54 Å². The first-order valence-corrected chi connectivity index (χ1v) is 6.44. The molecule has 3 heteroatoms. The SMILES string of the molecule is CC1(NC(=O)c2cccs2)CCCCC1. The molecule has 0 atom stereocenters. The largest absolute Gasteiger partial charge is 0.346 e. The van der Waals surface area contributed by atoms with Crippen molar-refractivity contribution in [3.05, 3.63) is 22.4 Å². The van der Waals surface area contributed by atoms with Crippen LogP contribution in [0.15, 0.2) is 17.5 Å². The summed E-state index contributed by atoms with van der Waals surface area (Å²) in [6, 6.07) is 3.80. The zero-order valence-electron chi connectivity index (χ0n) is 9.08. The molecule has 1 aliphatic carbocycles. The van der Waals surface area contributed by atoms with Gasteiger partial charge in [-0.05, 0) is 31.2 Å². The Morgan fingerprint density at radius 1 is 1.40 bits per heavy atom. The van der Waals surface area contributed by atoms with Crippen molar-refractivity contribution in [3.63, 3.8) is 0 Å².